The average Bonchev–Trinajstić information content (AvgIpc) is 2.37. The molecule has 2 aliphatic heterocycles. The molecule has 2 unspecified atom stereocenters. The van der Waals surface area contributed by atoms with Crippen LogP contribution in [0.4, 0.5) is 0 Å². The van der Waals surface area contributed by atoms with Crippen molar-refractivity contribution in [2.24, 2.45) is 5.92 Å². The summed E-state index contributed by atoms with van der Waals surface area (Å²) < 4.78 is 0. The van der Waals surface area contributed by atoms with Crippen LogP contribution in [0.25, 0.3) is 0 Å². The van der Waals surface area contributed by atoms with E-state index < -0.39 is 0 Å². The van der Waals surface area contributed by atoms with E-state index in [0.29, 0.717) is 12.1 Å². The van der Waals surface area contributed by atoms with Crippen molar-refractivity contribution >= 4 is 0 Å². The summed E-state index contributed by atoms with van der Waals surface area (Å²) in [5.74, 6) is 0.845. The van der Waals surface area contributed by atoms with E-state index in [-0.39, 0.29) is 5.60 Å². The van der Waals surface area contributed by atoms with Crippen molar-refractivity contribution in [2.45, 2.75) is 69.1 Å². The number of aliphatic hydroxyl groups is 1. The number of hydrogen-bond acceptors (Lipinski definition) is 2. The molecule has 3 aliphatic rings. The number of rotatable bonds is 2. The second kappa shape index (κ2) is 3.46. The Morgan fingerprint density at radius 2 is 1.73 bits per heavy atom. The van der Waals surface area contributed by atoms with Gasteiger partial charge in [0, 0.05) is 12.1 Å². The van der Waals surface area contributed by atoms with E-state index in [9.17, 15) is 5.11 Å². The molecule has 1 saturated carbocycles. The van der Waals surface area contributed by atoms with Gasteiger partial charge in [0.25, 0.3) is 0 Å². The molecule has 0 radical (unpaired) electrons. The first-order valence-electron chi connectivity index (χ1n) is 6.61. The number of fused-ring (bicyclic) bond motifs is 2. The molecule has 2 atom stereocenters. The van der Waals surface area contributed by atoms with Gasteiger partial charge in [0.1, 0.15) is 0 Å². The Morgan fingerprint density at radius 3 is 2.20 bits per heavy atom. The van der Waals surface area contributed by atoms with Crippen molar-refractivity contribution < 1.29 is 5.11 Å². The van der Waals surface area contributed by atoms with Crippen LogP contribution in [0.1, 0.15) is 51.4 Å². The third-order valence-electron chi connectivity index (χ3n) is 5.11. The van der Waals surface area contributed by atoms with Gasteiger partial charge in [0.15, 0.2) is 0 Å². The minimum Gasteiger partial charge on any atom is -0.390 e. The molecule has 2 heteroatoms. The SMILES string of the molecule is CN1C2CCC1CC(O)(CC1CCC1)C2. The van der Waals surface area contributed by atoms with Gasteiger partial charge in [-0.15, -0.1) is 0 Å². The summed E-state index contributed by atoms with van der Waals surface area (Å²) >= 11 is 0. The van der Waals surface area contributed by atoms with Gasteiger partial charge < -0.3 is 10.0 Å². The lowest BCUT2D eigenvalue weighted by atomic mass is 9.73. The van der Waals surface area contributed by atoms with Crippen LogP contribution < -0.4 is 0 Å². The lowest BCUT2D eigenvalue weighted by Crippen LogP contribution is -2.50. The second-order valence-corrected chi connectivity index (χ2v) is 6.18. The smallest absolute Gasteiger partial charge is 0.0680 e. The predicted octanol–water partition coefficient (Wildman–Crippen LogP) is 2.16. The van der Waals surface area contributed by atoms with Crippen LogP contribution in [0, 0.1) is 5.92 Å². The van der Waals surface area contributed by atoms with Crippen molar-refractivity contribution in [1.82, 2.24) is 4.90 Å². The highest BCUT2D eigenvalue weighted by molar-refractivity contribution is 5.01. The van der Waals surface area contributed by atoms with E-state index in [4.69, 9.17) is 0 Å². The molecule has 0 aromatic rings. The molecule has 3 rings (SSSR count). The van der Waals surface area contributed by atoms with E-state index in [2.05, 4.69) is 11.9 Å². The van der Waals surface area contributed by atoms with Crippen molar-refractivity contribution in [3.63, 3.8) is 0 Å². The fraction of sp³-hybridized carbons (Fsp3) is 1.00. The van der Waals surface area contributed by atoms with Gasteiger partial charge in [-0.3, -0.25) is 0 Å². The Labute approximate surface area is 92.7 Å². The molecule has 0 amide bonds. The van der Waals surface area contributed by atoms with Crippen LogP contribution in [0.2, 0.25) is 0 Å². The first-order chi connectivity index (χ1) is 7.16. The fourth-order valence-electron chi connectivity index (χ4n) is 3.94. The summed E-state index contributed by atoms with van der Waals surface area (Å²) in [5.41, 5.74) is -0.302. The maximum absolute atomic E-state index is 10.7. The third-order valence-corrected chi connectivity index (χ3v) is 5.11. The van der Waals surface area contributed by atoms with Gasteiger partial charge in [-0.05, 0) is 45.1 Å². The van der Waals surface area contributed by atoms with Gasteiger partial charge in [-0.2, -0.15) is 0 Å². The largest absolute Gasteiger partial charge is 0.390 e. The summed E-state index contributed by atoms with van der Waals surface area (Å²) in [6.07, 6.45) is 9.93. The number of hydrogen-bond donors (Lipinski definition) is 1. The molecule has 0 aromatic carbocycles. The minimum atomic E-state index is -0.302. The summed E-state index contributed by atoms with van der Waals surface area (Å²) in [5, 5.41) is 10.7. The molecule has 86 valence electrons. The van der Waals surface area contributed by atoms with Gasteiger partial charge in [0.2, 0.25) is 0 Å². The molecule has 3 fully saturated rings. The van der Waals surface area contributed by atoms with Crippen LogP contribution >= 0.6 is 0 Å². The van der Waals surface area contributed by atoms with Gasteiger partial charge in [0.05, 0.1) is 5.60 Å². The standard InChI is InChI=1S/C13H23NO/c1-14-11-5-6-12(14)9-13(15,8-11)7-10-3-2-4-10/h10-12,15H,2-9H2,1H3. The van der Waals surface area contributed by atoms with E-state index in [1.165, 1.54) is 32.1 Å². The molecule has 2 nitrogen and oxygen atoms in total. The first kappa shape index (κ1) is 10.1. The molecular formula is C13H23NO. The zero-order valence-corrected chi connectivity index (χ0v) is 9.78. The average molecular weight is 209 g/mol. The molecule has 15 heavy (non-hydrogen) atoms. The maximum atomic E-state index is 10.7. The Bertz CT molecular complexity index is 235. The van der Waals surface area contributed by atoms with Gasteiger partial charge >= 0.3 is 0 Å². The van der Waals surface area contributed by atoms with Crippen molar-refractivity contribution in [1.29, 1.82) is 0 Å². The zero-order chi connectivity index (χ0) is 10.5. The van der Waals surface area contributed by atoms with Crippen LogP contribution in [-0.2, 0) is 0 Å². The lowest BCUT2D eigenvalue weighted by Gasteiger charge is -2.45. The molecule has 1 N–H and O–H groups in total. The molecular weight excluding hydrogens is 186 g/mol. The summed E-state index contributed by atoms with van der Waals surface area (Å²) in [4.78, 5) is 2.51. The predicted molar refractivity (Wildman–Crippen MR) is 60.7 cm³/mol. The molecule has 0 spiro atoms. The van der Waals surface area contributed by atoms with E-state index >= 15 is 0 Å². The normalized spacial score (nSPS) is 46.8. The Hall–Kier alpha value is -0.0800. The van der Waals surface area contributed by atoms with Crippen LogP contribution in [0.3, 0.4) is 0 Å². The fourth-order valence-corrected chi connectivity index (χ4v) is 3.94. The minimum absolute atomic E-state index is 0.302. The van der Waals surface area contributed by atoms with Gasteiger partial charge in [-0.25, -0.2) is 0 Å². The highest BCUT2D eigenvalue weighted by Crippen LogP contribution is 2.45. The Morgan fingerprint density at radius 1 is 1.13 bits per heavy atom. The maximum Gasteiger partial charge on any atom is 0.0680 e. The second-order valence-electron chi connectivity index (χ2n) is 6.18. The summed E-state index contributed by atoms with van der Waals surface area (Å²) in [7, 11) is 2.24. The highest BCUT2D eigenvalue weighted by atomic mass is 16.3. The molecule has 1 aliphatic carbocycles. The van der Waals surface area contributed by atoms with Crippen molar-refractivity contribution in [3.8, 4) is 0 Å². The quantitative estimate of drug-likeness (QED) is 0.753. The summed E-state index contributed by atoms with van der Waals surface area (Å²) in [6, 6.07) is 1.35. The lowest BCUT2D eigenvalue weighted by molar-refractivity contribution is -0.0665. The van der Waals surface area contributed by atoms with Crippen molar-refractivity contribution in [2.75, 3.05) is 7.05 Å². The van der Waals surface area contributed by atoms with Crippen LogP contribution in [0.15, 0.2) is 0 Å². The highest BCUT2D eigenvalue weighted by Gasteiger charge is 2.46. The molecule has 2 bridgehead atoms. The van der Waals surface area contributed by atoms with Crippen LogP contribution in [0.5, 0.6) is 0 Å². The first-order valence-corrected chi connectivity index (χ1v) is 6.61. The molecule has 2 heterocycles. The van der Waals surface area contributed by atoms with Crippen LogP contribution in [-0.4, -0.2) is 34.7 Å². The third kappa shape index (κ3) is 1.72. The number of piperidine rings is 1. The van der Waals surface area contributed by atoms with E-state index in [0.717, 1.165) is 25.2 Å². The molecule has 2 saturated heterocycles. The topological polar surface area (TPSA) is 23.5 Å². The van der Waals surface area contributed by atoms with E-state index in [1.807, 2.05) is 0 Å². The van der Waals surface area contributed by atoms with Gasteiger partial charge in [-0.1, -0.05) is 19.3 Å². The summed E-state index contributed by atoms with van der Waals surface area (Å²) in [6.45, 7) is 0. The Balaban J connectivity index is 1.66. The van der Waals surface area contributed by atoms with Crippen molar-refractivity contribution in [3.05, 3.63) is 0 Å². The monoisotopic (exact) mass is 209 g/mol. The zero-order valence-electron chi connectivity index (χ0n) is 9.78. The Kier molecular flexibility index (Phi) is 2.33. The number of nitrogens with zero attached hydrogens (tertiary/aromatic N) is 1. The molecule has 0 aromatic heterocycles. The van der Waals surface area contributed by atoms with E-state index in [1.54, 1.807) is 0 Å².